The zero-order chi connectivity index (χ0) is 35.3. The molecule has 0 saturated carbocycles. The Morgan fingerprint density at radius 3 is 1.67 bits per heavy atom. The molecule has 3 aromatic carbocycles. The summed E-state index contributed by atoms with van der Waals surface area (Å²) in [6.07, 6.45) is 17.0. The number of unbranched alkanes of at least 4 members (excludes halogenated alkanes) is 10. The lowest BCUT2D eigenvalue weighted by molar-refractivity contribution is -0.130. The van der Waals surface area contributed by atoms with Crippen LogP contribution in [0.4, 0.5) is 0 Å². The molecule has 0 amide bonds. The van der Waals surface area contributed by atoms with E-state index in [0.29, 0.717) is 29.2 Å². The average Bonchev–Trinajstić information content (AvgIpc) is 3.10. The predicted molar refractivity (Wildman–Crippen MR) is 195 cm³/mol. The first-order valence-corrected chi connectivity index (χ1v) is 18.1. The number of carbonyl (C=O) groups is 3. The highest BCUT2D eigenvalue weighted by molar-refractivity contribution is 5.95. The van der Waals surface area contributed by atoms with Gasteiger partial charge in [0, 0.05) is 5.57 Å². The molecule has 3 rings (SSSR count). The second kappa shape index (κ2) is 22.3. The van der Waals surface area contributed by atoms with Gasteiger partial charge in [0.1, 0.15) is 17.2 Å². The maximum Gasteiger partial charge on any atom is 0.343 e. The second-order valence-corrected chi connectivity index (χ2v) is 12.6. The van der Waals surface area contributed by atoms with Gasteiger partial charge in [0.15, 0.2) is 0 Å². The Morgan fingerprint density at radius 1 is 0.592 bits per heavy atom. The van der Waals surface area contributed by atoms with E-state index in [1.165, 1.54) is 63.5 Å². The summed E-state index contributed by atoms with van der Waals surface area (Å²) in [7, 11) is 0. The van der Waals surface area contributed by atoms with Crippen LogP contribution >= 0.6 is 0 Å². The maximum atomic E-state index is 12.7. The predicted octanol–water partition coefficient (Wildman–Crippen LogP) is 10.9. The molecule has 0 aromatic heterocycles. The van der Waals surface area contributed by atoms with Crippen molar-refractivity contribution in [2.45, 2.75) is 117 Å². The largest absolute Gasteiger partial charge is 0.494 e. The lowest BCUT2D eigenvalue weighted by Gasteiger charge is -2.13. The summed E-state index contributed by atoms with van der Waals surface area (Å²) < 4.78 is 22.4. The Balaban J connectivity index is 1.40. The topological polar surface area (TPSA) is 88.1 Å². The van der Waals surface area contributed by atoms with Gasteiger partial charge in [0.25, 0.3) is 0 Å². The smallest absolute Gasteiger partial charge is 0.343 e. The third-order valence-corrected chi connectivity index (χ3v) is 8.23. The number of esters is 3. The summed E-state index contributed by atoms with van der Waals surface area (Å²) in [5.74, 6) is -0.0441. The quantitative estimate of drug-likeness (QED) is 0.0455. The van der Waals surface area contributed by atoms with Crippen LogP contribution in [0.1, 0.15) is 137 Å². The van der Waals surface area contributed by atoms with Gasteiger partial charge >= 0.3 is 17.9 Å². The van der Waals surface area contributed by atoms with Gasteiger partial charge in [-0.2, -0.15) is 0 Å². The van der Waals surface area contributed by atoms with Gasteiger partial charge in [-0.3, -0.25) is 0 Å². The molecule has 0 fully saturated rings. The van der Waals surface area contributed by atoms with E-state index in [-0.39, 0.29) is 11.7 Å². The van der Waals surface area contributed by atoms with Crippen LogP contribution in [0.5, 0.6) is 17.2 Å². The van der Waals surface area contributed by atoms with Gasteiger partial charge in [-0.25, -0.2) is 14.4 Å². The molecule has 0 bridgehead atoms. The summed E-state index contributed by atoms with van der Waals surface area (Å²) in [6, 6.07) is 20.1. The monoisotopic (exact) mass is 670 g/mol. The van der Waals surface area contributed by atoms with Crippen molar-refractivity contribution in [3.63, 3.8) is 0 Å². The number of benzene rings is 3. The van der Waals surface area contributed by atoms with Crippen LogP contribution in [0.3, 0.4) is 0 Å². The van der Waals surface area contributed by atoms with Gasteiger partial charge in [-0.15, -0.1) is 0 Å². The molecular weight excluding hydrogens is 616 g/mol. The molecule has 264 valence electrons. The number of carbonyl (C=O) groups excluding carboxylic acids is 3. The van der Waals surface area contributed by atoms with Crippen molar-refractivity contribution in [3.8, 4) is 17.2 Å². The molecule has 0 heterocycles. The fourth-order valence-electron chi connectivity index (χ4n) is 5.24. The summed E-state index contributed by atoms with van der Waals surface area (Å²) in [5.41, 5.74) is 1.98. The molecule has 3 aromatic rings. The van der Waals surface area contributed by atoms with E-state index in [4.69, 9.17) is 18.9 Å². The molecule has 0 N–H and O–H groups in total. The van der Waals surface area contributed by atoms with Crippen LogP contribution in [0.25, 0.3) is 6.08 Å². The van der Waals surface area contributed by atoms with Gasteiger partial charge in [-0.05, 0) is 105 Å². The van der Waals surface area contributed by atoms with Crippen molar-refractivity contribution in [3.05, 3.63) is 95.1 Å². The first-order valence-electron chi connectivity index (χ1n) is 18.1. The molecule has 1 atom stereocenters. The van der Waals surface area contributed by atoms with Crippen molar-refractivity contribution in [1.29, 1.82) is 0 Å². The Labute approximate surface area is 293 Å². The lowest BCUT2D eigenvalue weighted by Crippen LogP contribution is -2.15. The molecule has 49 heavy (non-hydrogen) atoms. The minimum absolute atomic E-state index is 0.157. The van der Waals surface area contributed by atoms with Crippen molar-refractivity contribution in [2.75, 3.05) is 6.61 Å². The van der Waals surface area contributed by atoms with Crippen molar-refractivity contribution in [2.24, 2.45) is 0 Å². The summed E-state index contributed by atoms with van der Waals surface area (Å²) in [5, 5.41) is 0. The molecule has 0 spiro atoms. The Morgan fingerprint density at radius 2 is 1.08 bits per heavy atom. The van der Waals surface area contributed by atoms with E-state index in [0.717, 1.165) is 43.4 Å². The van der Waals surface area contributed by atoms with Crippen molar-refractivity contribution >= 4 is 24.0 Å². The van der Waals surface area contributed by atoms with Gasteiger partial charge in [0.05, 0.1) is 23.8 Å². The van der Waals surface area contributed by atoms with E-state index in [1.54, 1.807) is 49.4 Å². The van der Waals surface area contributed by atoms with Crippen LogP contribution in [-0.4, -0.2) is 30.6 Å². The first-order chi connectivity index (χ1) is 23.8. The molecule has 0 radical (unpaired) electrons. The second-order valence-electron chi connectivity index (χ2n) is 12.6. The van der Waals surface area contributed by atoms with Crippen LogP contribution in [0.15, 0.2) is 78.4 Å². The van der Waals surface area contributed by atoms with E-state index in [9.17, 15) is 14.4 Å². The molecular formula is C42H54O7. The van der Waals surface area contributed by atoms with E-state index < -0.39 is 17.9 Å². The van der Waals surface area contributed by atoms with Crippen LogP contribution < -0.4 is 14.2 Å². The third-order valence-electron chi connectivity index (χ3n) is 8.23. The average molecular weight is 671 g/mol. The van der Waals surface area contributed by atoms with Crippen LogP contribution in [0, 0.1) is 0 Å². The lowest BCUT2D eigenvalue weighted by atomic mass is 10.1. The minimum Gasteiger partial charge on any atom is -0.494 e. The molecule has 7 heteroatoms. The Hall–Kier alpha value is -4.39. The Bertz CT molecular complexity index is 1440. The van der Waals surface area contributed by atoms with Crippen molar-refractivity contribution in [1.82, 2.24) is 0 Å². The fraction of sp³-hybridized carbons (Fsp3) is 0.452. The van der Waals surface area contributed by atoms with E-state index in [1.807, 2.05) is 31.2 Å². The number of rotatable bonds is 22. The van der Waals surface area contributed by atoms with Gasteiger partial charge < -0.3 is 18.9 Å². The zero-order valence-electron chi connectivity index (χ0n) is 29.8. The molecule has 0 aliphatic carbocycles. The SMILES string of the molecule is CCCCCCCCCCOc1ccc(/C=C(\C)C(=O)Oc2ccc(C(=O)Oc3ccc(C(=O)O[C@@H](C)CCCCCC)cc3)cc2)cc1. The highest BCUT2D eigenvalue weighted by Gasteiger charge is 2.15. The molecule has 7 nitrogen and oxygen atoms in total. The maximum absolute atomic E-state index is 12.7. The normalized spacial score (nSPS) is 11.9. The van der Waals surface area contributed by atoms with E-state index >= 15 is 0 Å². The first kappa shape index (κ1) is 39.1. The number of hydrogen-bond donors (Lipinski definition) is 0. The van der Waals surface area contributed by atoms with Crippen molar-refractivity contribution < 1.29 is 33.3 Å². The number of hydrogen-bond acceptors (Lipinski definition) is 7. The molecule has 0 unspecified atom stereocenters. The highest BCUT2D eigenvalue weighted by atomic mass is 16.5. The van der Waals surface area contributed by atoms with E-state index in [2.05, 4.69) is 13.8 Å². The Kier molecular flexibility index (Phi) is 17.8. The summed E-state index contributed by atoms with van der Waals surface area (Å²) in [6.45, 7) is 8.70. The number of ether oxygens (including phenoxy) is 4. The van der Waals surface area contributed by atoms with Gasteiger partial charge in [-0.1, -0.05) is 90.2 Å². The van der Waals surface area contributed by atoms with Crippen LogP contribution in [-0.2, 0) is 9.53 Å². The zero-order valence-corrected chi connectivity index (χ0v) is 29.8. The summed E-state index contributed by atoms with van der Waals surface area (Å²) in [4.78, 5) is 37.9. The molecule has 0 aliphatic rings. The van der Waals surface area contributed by atoms with Crippen LogP contribution in [0.2, 0.25) is 0 Å². The molecule has 0 aliphatic heterocycles. The highest BCUT2D eigenvalue weighted by Crippen LogP contribution is 2.20. The molecule has 0 saturated heterocycles. The summed E-state index contributed by atoms with van der Waals surface area (Å²) >= 11 is 0. The van der Waals surface area contributed by atoms with Gasteiger partial charge in [0.2, 0.25) is 0 Å². The third kappa shape index (κ3) is 15.1. The minimum atomic E-state index is -0.574. The fourth-order valence-corrected chi connectivity index (χ4v) is 5.24. The standard InChI is InChI=1S/C42H54O7/c1-5-7-9-11-12-13-14-16-30-46-37-24-18-34(19-25-37)31-32(3)40(43)48-38-26-22-36(23-27-38)42(45)49-39-28-20-35(21-29-39)41(44)47-33(4)17-15-10-8-6-2/h18-29,31,33H,5-17,30H2,1-4H3/b32-31+/t33-/m0/s1.